The zero-order valence-electron chi connectivity index (χ0n) is 10.5. The lowest BCUT2D eigenvalue weighted by molar-refractivity contribution is 0.174. The summed E-state index contributed by atoms with van der Waals surface area (Å²) in [7, 11) is 0. The lowest BCUT2D eigenvalue weighted by Gasteiger charge is -2.30. The van der Waals surface area contributed by atoms with E-state index < -0.39 is 0 Å². The van der Waals surface area contributed by atoms with Crippen molar-refractivity contribution in [2.24, 2.45) is 11.7 Å². The Hall–Kier alpha value is -0.770. The van der Waals surface area contributed by atoms with Crippen LogP contribution < -0.4 is 11.1 Å². The van der Waals surface area contributed by atoms with Gasteiger partial charge in [0, 0.05) is 25.7 Å². The summed E-state index contributed by atoms with van der Waals surface area (Å²) in [5, 5.41) is 2.95. The highest BCUT2D eigenvalue weighted by Crippen LogP contribution is 2.15. The number of carbonyl (C=O) groups excluding carboxylic acids is 1. The van der Waals surface area contributed by atoms with Gasteiger partial charge in [0.2, 0.25) is 0 Å². The summed E-state index contributed by atoms with van der Waals surface area (Å²) in [6.07, 6.45) is 4.20. The molecule has 0 aromatic rings. The minimum Gasteiger partial charge on any atom is -0.338 e. The summed E-state index contributed by atoms with van der Waals surface area (Å²) in [5.41, 5.74) is 5.64. The fourth-order valence-corrected chi connectivity index (χ4v) is 1.94. The summed E-state index contributed by atoms with van der Waals surface area (Å²) in [4.78, 5) is 13.7. The largest absolute Gasteiger partial charge is 0.338 e. The van der Waals surface area contributed by atoms with Crippen LogP contribution in [-0.2, 0) is 0 Å². The molecule has 2 amide bonds. The van der Waals surface area contributed by atoms with Crippen LogP contribution in [0.15, 0.2) is 0 Å². The molecular weight excluding hydrogens is 202 g/mol. The van der Waals surface area contributed by atoms with Crippen molar-refractivity contribution in [1.82, 2.24) is 10.2 Å². The number of amides is 2. The van der Waals surface area contributed by atoms with Crippen molar-refractivity contribution >= 4 is 6.03 Å². The SMILES string of the molecule is CC(N)CCCNC(=O)N1CCC(C)CC1. The standard InChI is InChI=1S/C12H25N3O/c1-10-5-8-15(9-6-10)12(16)14-7-3-4-11(2)13/h10-11H,3-9,13H2,1-2H3,(H,14,16). The van der Waals surface area contributed by atoms with Gasteiger partial charge in [-0.3, -0.25) is 0 Å². The van der Waals surface area contributed by atoms with Gasteiger partial charge in [0.25, 0.3) is 0 Å². The van der Waals surface area contributed by atoms with Crippen molar-refractivity contribution in [3.63, 3.8) is 0 Å². The van der Waals surface area contributed by atoms with E-state index in [4.69, 9.17) is 5.73 Å². The highest BCUT2D eigenvalue weighted by molar-refractivity contribution is 5.74. The zero-order valence-corrected chi connectivity index (χ0v) is 10.5. The van der Waals surface area contributed by atoms with Gasteiger partial charge in [0.1, 0.15) is 0 Å². The fourth-order valence-electron chi connectivity index (χ4n) is 1.94. The average molecular weight is 227 g/mol. The predicted octanol–water partition coefficient (Wildman–Crippen LogP) is 1.56. The van der Waals surface area contributed by atoms with Crippen LogP contribution in [0.2, 0.25) is 0 Å². The minimum atomic E-state index is 0.0941. The lowest BCUT2D eigenvalue weighted by atomic mass is 10.00. The molecule has 0 aliphatic carbocycles. The number of piperidine rings is 1. The number of rotatable bonds is 4. The molecule has 0 aromatic heterocycles. The maximum atomic E-state index is 11.7. The van der Waals surface area contributed by atoms with Crippen molar-refractivity contribution in [3.8, 4) is 0 Å². The molecule has 94 valence electrons. The molecule has 1 aliphatic heterocycles. The number of nitrogens with two attached hydrogens (primary N) is 1. The van der Waals surface area contributed by atoms with E-state index in [0.29, 0.717) is 0 Å². The van der Waals surface area contributed by atoms with Gasteiger partial charge in [-0.2, -0.15) is 0 Å². The van der Waals surface area contributed by atoms with Crippen molar-refractivity contribution < 1.29 is 4.79 Å². The normalized spacial score (nSPS) is 19.6. The van der Waals surface area contributed by atoms with Crippen molar-refractivity contribution in [3.05, 3.63) is 0 Å². The first-order valence-corrected chi connectivity index (χ1v) is 6.38. The molecule has 0 saturated carbocycles. The van der Waals surface area contributed by atoms with E-state index in [0.717, 1.165) is 51.2 Å². The van der Waals surface area contributed by atoms with Crippen LogP contribution in [0.25, 0.3) is 0 Å². The average Bonchev–Trinajstić information content (AvgIpc) is 2.25. The summed E-state index contributed by atoms with van der Waals surface area (Å²) in [6, 6.07) is 0.323. The Morgan fingerprint density at radius 1 is 1.50 bits per heavy atom. The molecule has 0 radical (unpaired) electrons. The number of nitrogens with zero attached hydrogens (tertiary/aromatic N) is 1. The maximum absolute atomic E-state index is 11.7. The zero-order chi connectivity index (χ0) is 12.0. The Morgan fingerprint density at radius 2 is 2.12 bits per heavy atom. The first kappa shape index (κ1) is 13.3. The molecule has 1 fully saturated rings. The Balaban J connectivity index is 2.10. The Labute approximate surface area is 98.6 Å². The van der Waals surface area contributed by atoms with Gasteiger partial charge < -0.3 is 16.0 Å². The lowest BCUT2D eigenvalue weighted by Crippen LogP contribution is -2.44. The van der Waals surface area contributed by atoms with Gasteiger partial charge in [-0.25, -0.2) is 4.79 Å². The van der Waals surface area contributed by atoms with Gasteiger partial charge in [0.05, 0.1) is 0 Å². The van der Waals surface area contributed by atoms with Gasteiger partial charge >= 0.3 is 6.03 Å². The molecule has 16 heavy (non-hydrogen) atoms. The van der Waals surface area contributed by atoms with E-state index >= 15 is 0 Å². The van der Waals surface area contributed by atoms with E-state index in [2.05, 4.69) is 12.2 Å². The van der Waals surface area contributed by atoms with Crippen LogP contribution in [0, 0.1) is 5.92 Å². The molecule has 1 aliphatic rings. The van der Waals surface area contributed by atoms with Crippen LogP contribution in [-0.4, -0.2) is 36.6 Å². The number of nitrogens with one attached hydrogen (secondary N) is 1. The molecule has 1 unspecified atom stereocenters. The number of likely N-dealkylation sites (tertiary alicyclic amines) is 1. The first-order chi connectivity index (χ1) is 7.59. The van der Waals surface area contributed by atoms with Crippen molar-refractivity contribution in [2.75, 3.05) is 19.6 Å². The number of urea groups is 1. The second-order valence-corrected chi connectivity index (χ2v) is 5.02. The van der Waals surface area contributed by atoms with Crippen LogP contribution >= 0.6 is 0 Å². The fraction of sp³-hybridized carbons (Fsp3) is 0.917. The summed E-state index contributed by atoms with van der Waals surface area (Å²) in [6.45, 7) is 6.79. The third-order valence-electron chi connectivity index (χ3n) is 3.18. The summed E-state index contributed by atoms with van der Waals surface area (Å²) >= 11 is 0. The monoisotopic (exact) mass is 227 g/mol. The van der Waals surface area contributed by atoms with Crippen molar-refractivity contribution in [2.45, 2.75) is 45.6 Å². The quantitative estimate of drug-likeness (QED) is 0.716. The topological polar surface area (TPSA) is 58.4 Å². The van der Waals surface area contributed by atoms with Crippen LogP contribution in [0.4, 0.5) is 4.79 Å². The number of hydrogen-bond donors (Lipinski definition) is 2. The molecule has 1 atom stereocenters. The molecule has 4 nitrogen and oxygen atoms in total. The molecule has 1 saturated heterocycles. The maximum Gasteiger partial charge on any atom is 0.317 e. The van der Waals surface area contributed by atoms with E-state index in [1.165, 1.54) is 0 Å². The molecule has 1 rings (SSSR count). The highest BCUT2D eigenvalue weighted by Gasteiger charge is 2.19. The first-order valence-electron chi connectivity index (χ1n) is 6.38. The van der Waals surface area contributed by atoms with Gasteiger partial charge in [0.15, 0.2) is 0 Å². The molecule has 0 bridgehead atoms. The smallest absolute Gasteiger partial charge is 0.317 e. The predicted molar refractivity (Wildman–Crippen MR) is 66.3 cm³/mol. The number of hydrogen-bond acceptors (Lipinski definition) is 2. The molecule has 0 aromatic carbocycles. The Kier molecular flexibility index (Phi) is 5.60. The van der Waals surface area contributed by atoms with Crippen LogP contribution in [0.5, 0.6) is 0 Å². The highest BCUT2D eigenvalue weighted by atomic mass is 16.2. The summed E-state index contributed by atoms with van der Waals surface area (Å²) < 4.78 is 0. The number of carbonyl (C=O) groups is 1. The second-order valence-electron chi connectivity index (χ2n) is 5.02. The summed E-state index contributed by atoms with van der Waals surface area (Å²) in [5.74, 6) is 0.766. The second kappa shape index (κ2) is 6.74. The third-order valence-corrected chi connectivity index (χ3v) is 3.18. The van der Waals surface area contributed by atoms with Gasteiger partial charge in [-0.05, 0) is 38.5 Å². The van der Waals surface area contributed by atoms with Crippen LogP contribution in [0.1, 0.15) is 39.5 Å². The Bertz CT molecular complexity index is 210. The minimum absolute atomic E-state index is 0.0941. The van der Waals surface area contributed by atoms with Gasteiger partial charge in [-0.15, -0.1) is 0 Å². The molecule has 4 heteroatoms. The van der Waals surface area contributed by atoms with Crippen LogP contribution in [0.3, 0.4) is 0 Å². The molecular formula is C12H25N3O. The van der Waals surface area contributed by atoms with E-state index in [1.54, 1.807) is 0 Å². The van der Waals surface area contributed by atoms with E-state index in [1.807, 2.05) is 11.8 Å². The molecule has 3 N–H and O–H groups in total. The van der Waals surface area contributed by atoms with E-state index in [9.17, 15) is 4.79 Å². The van der Waals surface area contributed by atoms with E-state index in [-0.39, 0.29) is 12.1 Å². The van der Waals surface area contributed by atoms with Gasteiger partial charge in [-0.1, -0.05) is 6.92 Å². The third kappa shape index (κ3) is 4.84. The molecule has 0 spiro atoms. The Morgan fingerprint density at radius 3 is 2.69 bits per heavy atom. The van der Waals surface area contributed by atoms with Crippen molar-refractivity contribution in [1.29, 1.82) is 0 Å². The molecule has 1 heterocycles.